The Balaban J connectivity index is 1.93. The lowest BCUT2D eigenvalue weighted by atomic mass is 10.1. The number of benzene rings is 2. The molecular weight excluding hydrogens is 314 g/mol. The Morgan fingerprint density at radius 1 is 1.00 bits per heavy atom. The van der Waals surface area contributed by atoms with Crippen molar-refractivity contribution in [2.45, 2.75) is 33.1 Å². The second-order valence-electron chi connectivity index (χ2n) is 5.76. The second-order valence-corrected chi connectivity index (χ2v) is 5.76. The molecule has 0 saturated heterocycles. The molecule has 0 saturated carbocycles. The zero-order valence-electron chi connectivity index (χ0n) is 14.6. The minimum atomic E-state index is -0.402. The minimum Gasteiger partial charge on any atom is -0.423 e. The van der Waals surface area contributed by atoms with E-state index in [1.807, 2.05) is 12.1 Å². The first kappa shape index (κ1) is 18.5. The highest BCUT2D eigenvalue weighted by molar-refractivity contribution is 5.91. The molecule has 25 heavy (non-hydrogen) atoms. The summed E-state index contributed by atoms with van der Waals surface area (Å²) in [6, 6.07) is 14.1. The predicted molar refractivity (Wildman–Crippen MR) is 99.9 cm³/mol. The van der Waals surface area contributed by atoms with E-state index in [4.69, 9.17) is 4.74 Å². The molecule has 0 aromatic heterocycles. The number of hydrogen-bond acceptors (Lipinski definition) is 3. The minimum absolute atomic E-state index is 0.144. The highest BCUT2D eigenvalue weighted by Gasteiger charge is 2.08. The van der Waals surface area contributed by atoms with Gasteiger partial charge >= 0.3 is 5.97 Å². The molecule has 2 aromatic carbocycles. The molecule has 0 unspecified atom stereocenters. The molecule has 0 fully saturated rings. The van der Waals surface area contributed by atoms with E-state index in [1.165, 1.54) is 6.92 Å². The number of carbonyl (C=O) groups excluding carboxylic acids is 2. The third-order valence-electron chi connectivity index (χ3n) is 3.55. The first-order valence-electron chi connectivity index (χ1n) is 8.42. The fourth-order valence-electron chi connectivity index (χ4n) is 2.26. The lowest BCUT2D eigenvalue weighted by Crippen LogP contribution is -2.09. The largest absolute Gasteiger partial charge is 0.423 e. The fraction of sp³-hybridized carbons (Fsp3) is 0.238. The third-order valence-corrected chi connectivity index (χ3v) is 3.55. The molecule has 2 rings (SSSR count). The number of esters is 1. The summed E-state index contributed by atoms with van der Waals surface area (Å²) in [7, 11) is 0. The Hall–Kier alpha value is -2.88. The molecule has 0 bridgehead atoms. The van der Waals surface area contributed by atoms with Gasteiger partial charge in [0.15, 0.2) is 0 Å². The fourth-order valence-corrected chi connectivity index (χ4v) is 2.26. The molecule has 0 heterocycles. The van der Waals surface area contributed by atoms with Gasteiger partial charge in [0, 0.05) is 12.6 Å². The van der Waals surface area contributed by atoms with Crippen LogP contribution in [0.1, 0.15) is 42.6 Å². The van der Waals surface area contributed by atoms with Crippen LogP contribution >= 0.6 is 0 Å². The molecule has 0 aliphatic carbocycles. The van der Waals surface area contributed by atoms with Crippen molar-refractivity contribution < 1.29 is 14.3 Å². The highest BCUT2D eigenvalue weighted by Crippen LogP contribution is 2.17. The maximum atomic E-state index is 12.2. The van der Waals surface area contributed by atoms with Gasteiger partial charge in [0.2, 0.25) is 5.91 Å². The first-order chi connectivity index (χ1) is 12.1. The lowest BCUT2D eigenvalue weighted by Gasteiger charge is -2.06. The van der Waals surface area contributed by atoms with Gasteiger partial charge in [-0.1, -0.05) is 37.6 Å². The van der Waals surface area contributed by atoms with Gasteiger partial charge in [-0.2, -0.15) is 0 Å². The summed E-state index contributed by atoms with van der Waals surface area (Å²) >= 11 is 0. The average Bonchev–Trinajstić information content (AvgIpc) is 2.60. The van der Waals surface area contributed by atoms with Gasteiger partial charge in [-0.05, 0) is 54.8 Å². The van der Waals surface area contributed by atoms with E-state index in [2.05, 4.69) is 24.4 Å². The number of anilines is 1. The molecule has 1 amide bonds. The van der Waals surface area contributed by atoms with Gasteiger partial charge in [0.1, 0.15) is 5.75 Å². The zero-order valence-corrected chi connectivity index (χ0v) is 14.6. The quantitative estimate of drug-likeness (QED) is 0.450. The maximum Gasteiger partial charge on any atom is 0.343 e. The van der Waals surface area contributed by atoms with Crippen molar-refractivity contribution in [2.24, 2.45) is 0 Å². The smallest absolute Gasteiger partial charge is 0.343 e. The molecule has 0 radical (unpaired) electrons. The summed E-state index contributed by atoms with van der Waals surface area (Å²) in [5.41, 5.74) is 2.32. The SMILES string of the molecule is CCC/C=C/Cc1ccc(C(=O)Oc2ccc(NC(C)=O)cc2)cc1. The Bertz CT molecular complexity index is 731. The van der Waals surface area contributed by atoms with E-state index in [1.54, 1.807) is 36.4 Å². The normalized spacial score (nSPS) is 10.6. The van der Waals surface area contributed by atoms with Crippen LogP contribution in [-0.2, 0) is 11.2 Å². The summed E-state index contributed by atoms with van der Waals surface area (Å²) in [5, 5.41) is 2.66. The molecule has 4 nitrogen and oxygen atoms in total. The van der Waals surface area contributed by atoms with Crippen molar-refractivity contribution in [3.05, 3.63) is 71.8 Å². The maximum absolute atomic E-state index is 12.2. The average molecular weight is 337 g/mol. The van der Waals surface area contributed by atoms with Crippen LogP contribution in [0.25, 0.3) is 0 Å². The van der Waals surface area contributed by atoms with Gasteiger partial charge in [-0.3, -0.25) is 4.79 Å². The van der Waals surface area contributed by atoms with Gasteiger partial charge < -0.3 is 10.1 Å². The molecule has 0 aliphatic heterocycles. The number of amides is 1. The number of carbonyl (C=O) groups is 2. The number of rotatable bonds is 7. The molecule has 130 valence electrons. The van der Waals surface area contributed by atoms with E-state index in [0.29, 0.717) is 17.0 Å². The number of nitrogens with one attached hydrogen (secondary N) is 1. The number of ether oxygens (including phenoxy) is 1. The van der Waals surface area contributed by atoms with Crippen molar-refractivity contribution >= 4 is 17.6 Å². The Morgan fingerprint density at radius 3 is 2.28 bits per heavy atom. The van der Waals surface area contributed by atoms with Crippen LogP contribution in [0.3, 0.4) is 0 Å². The number of unbranched alkanes of at least 4 members (excludes halogenated alkanes) is 1. The number of hydrogen-bond donors (Lipinski definition) is 1. The number of allylic oxidation sites excluding steroid dienone is 2. The summed E-state index contributed by atoms with van der Waals surface area (Å²) in [6.45, 7) is 3.59. The third kappa shape index (κ3) is 6.26. The second kappa shape index (κ2) is 9.42. The standard InChI is InChI=1S/C21H23NO3/c1-3-4-5-6-7-17-8-10-18(11-9-17)21(24)25-20-14-12-19(13-15-20)22-16(2)23/h5-6,8-15H,3-4,7H2,1-2H3,(H,22,23)/b6-5+. The summed E-state index contributed by atoms with van der Waals surface area (Å²) in [4.78, 5) is 23.2. The van der Waals surface area contributed by atoms with Gasteiger partial charge in [0.25, 0.3) is 0 Å². The molecule has 0 atom stereocenters. The first-order valence-corrected chi connectivity index (χ1v) is 8.42. The Labute approximate surface area is 148 Å². The van der Waals surface area contributed by atoms with Gasteiger partial charge in [0.05, 0.1) is 5.56 Å². The van der Waals surface area contributed by atoms with Crippen LogP contribution in [0.4, 0.5) is 5.69 Å². The summed E-state index contributed by atoms with van der Waals surface area (Å²) < 4.78 is 5.35. The summed E-state index contributed by atoms with van der Waals surface area (Å²) in [5.74, 6) is -0.111. The van der Waals surface area contributed by atoms with Gasteiger partial charge in [-0.25, -0.2) is 4.79 Å². The van der Waals surface area contributed by atoms with E-state index in [9.17, 15) is 9.59 Å². The Kier molecular flexibility index (Phi) is 6.96. The topological polar surface area (TPSA) is 55.4 Å². The van der Waals surface area contributed by atoms with Crippen molar-refractivity contribution in [3.8, 4) is 5.75 Å². The van der Waals surface area contributed by atoms with E-state index in [-0.39, 0.29) is 5.91 Å². The van der Waals surface area contributed by atoms with Crippen molar-refractivity contribution in [3.63, 3.8) is 0 Å². The van der Waals surface area contributed by atoms with Crippen molar-refractivity contribution in [1.29, 1.82) is 0 Å². The van der Waals surface area contributed by atoms with Crippen LogP contribution in [0.5, 0.6) is 5.75 Å². The molecule has 1 N–H and O–H groups in total. The molecule has 0 spiro atoms. The van der Waals surface area contributed by atoms with E-state index < -0.39 is 5.97 Å². The van der Waals surface area contributed by atoms with E-state index >= 15 is 0 Å². The van der Waals surface area contributed by atoms with Gasteiger partial charge in [-0.15, -0.1) is 0 Å². The van der Waals surface area contributed by atoms with Crippen LogP contribution in [0.15, 0.2) is 60.7 Å². The van der Waals surface area contributed by atoms with Crippen LogP contribution in [0.2, 0.25) is 0 Å². The Morgan fingerprint density at radius 2 is 1.68 bits per heavy atom. The predicted octanol–water partition coefficient (Wildman–Crippen LogP) is 4.76. The van der Waals surface area contributed by atoms with E-state index in [0.717, 1.165) is 24.8 Å². The molecular formula is C21H23NO3. The van der Waals surface area contributed by atoms with Crippen molar-refractivity contribution in [2.75, 3.05) is 5.32 Å². The van der Waals surface area contributed by atoms with Crippen LogP contribution in [-0.4, -0.2) is 11.9 Å². The molecule has 4 heteroatoms. The molecule has 2 aromatic rings. The molecule has 0 aliphatic rings. The lowest BCUT2D eigenvalue weighted by molar-refractivity contribution is -0.114. The summed E-state index contributed by atoms with van der Waals surface area (Å²) in [6.07, 6.45) is 7.42. The van der Waals surface area contributed by atoms with Crippen LogP contribution < -0.4 is 10.1 Å². The highest BCUT2D eigenvalue weighted by atomic mass is 16.5. The monoisotopic (exact) mass is 337 g/mol. The van der Waals surface area contributed by atoms with Crippen LogP contribution in [0, 0.1) is 0 Å². The zero-order chi connectivity index (χ0) is 18.1. The van der Waals surface area contributed by atoms with Crippen molar-refractivity contribution in [1.82, 2.24) is 0 Å².